The van der Waals surface area contributed by atoms with Crippen LogP contribution in [0.2, 0.25) is 0 Å². The lowest BCUT2D eigenvalue weighted by molar-refractivity contribution is 0.210. The van der Waals surface area contributed by atoms with Crippen LogP contribution in [0.1, 0.15) is 38.5 Å². The van der Waals surface area contributed by atoms with E-state index >= 15 is 0 Å². The molecule has 0 aromatic carbocycles. The predicted molar refractivity (Wildman–Crippen MR) is 103 cm³/mol. The molecule has 0 aromatic rings. The normalized spacial score (nSPS) is 27.4. The van der Waals surface area contributed by atoms with E-state index in [4.69, 9.17) is 0 Å². The first kappa shape index (κ1) is 18.4. The van der Waals surface area contributed by atoms with E-state index in [1.54, 1.807) is 0 Å². The van der Waals surface area contributed by atoms with Crippen LogP contribution in [0.25, 0.3) is 0 Å². The Morgan fingerprint density at radius 3 is 2.84 bits per heavy atom. The molecule has 0 amide bonds. The molecule has 138 valence electrons. The third-order valence-electron chi connectivity index (χ3n) is 5.61. The van der Waals surface area contributed by atoms with Gasteiger partial charge in [-0.1, -0.05) is 29.4 Å². The molecule has 0 aromatic heterocycles. The molecule has 25 heavy (non-hydrogen) atoms. The van der Waals surface area contributed by atoms with Crippen molar-refractivity contribution < 1.29 is 10.2 Å². The largest absolute Gasteiger partial charge is 0.508 e. The van der Waals surface area contributed by atoms with Gasteiger partial charge < -0.3 is 15.1 Å². The van der Waals surface area contributed by atoms with Crippen LogP contribution in [0.3, 0.4) is 0 Å². The van der Waals surface area contributed by atoms with Crippen molar-refractivity contribution in [1.82, 2.24) is 9.80 Å². The van der Waals surface area contributed by atoms with Gasteiger partial charge in [0, 0.05) is 25.7 Å². The van der Waals surface area contributed by atoms with Gasteiger partial charge >= 0.3 is 0 Å². The molecular formula is C21H32N2O2. The van der Waals surface area contributed by atoms with E-state index < -0.39 is 0 Å². The Kier molecular flexibility index (Phi) is 6.51. The van der Waals surface area contributed by atoms with E-state index in [2.05, 4.69) is 22.9 Å². The predicted octanol–water partition coefficient (Wildman–Crippen LogP) is 3.18. The fourth-order valence-electron chi connectivity index (χ4n) is 4.18. The molecule has 4 nitrogen and oxygen atoms in total. The van der Waals surface area contributed by atoms with Crippen molar-refractivity contribution in [2.24, 2.45) is 0 Å². The van der Waals surface area contributed by atoms with Crippen LogP contribution in [0.15, 0.2) is 47.3 Å². The zero-order chi connectivity index (χ0) is 17.6. The maximum Gasteiger partial charge on any atom is 0.111 e. The van der Waals surface area contributed by atoms with Crippen LogP contribution in [-0.2, 0) is 0 Å². The molecule has 2 N–H and O–H groups in total. The minimum Gasteiger partial charge on any atom is -0.508 e. The SMILES string of the molecule is CN1CCC[C@@H]1CCN(CC1=CC(O)=CCC1)CC1=CC=CC(O)C1. The number of allylic oxidation sites excluding steroid dienone is 4. The zero-order valence-corrected chi connectivity index (χ0v) is 15.4. The first-order valence-corrected chi connectivity index (χ1v) is 9.65. The van der Waals surface area contributed by atoms with Crippen molar-refractivity contribution >= 4 is 0 Å². The van der Waals surface area contributed by atoms with Crippen LogP contribution < -0.4 is 0 Å². The molecule has 0 bridgehead atoms. The summed E-state index contributed by atoms with van der Waals surface area (Å²) >= 11 is 0. The quantitative estimate of drug-likeness (QED) is 0.745. The van der Waals surface area contributed by atoms with Crippen LogP contribution in [0, 0.1) is 0 Å². The number of aliphatic hydroxyl groups is 2. The summed E-state index contributed by atoms with van der Waals surface area (Å²) < 4.78 is 0. The molecule has 0 spiro atoms. The lowest BCUT2D eigenvalue weighted by Gasteiger charge is -2.29. The number of rotatable bonds is 7. The summed E-state index contributed by atoms with van der Waals surface area (Å²) in [5, 5.41) is 19.7. The zero-order valence-electron chi connectivity index (χ0n) is 15.4. The Hall–Kier alpha value is -1.36. The van der Waals surface area contributed by atoms with Crippen molar-refractivity contribution in [1.29, 1.82) is 0 Å². The maximum absolute atomic E-state index is 9.88. The second-order valence-electron chi connectivity index (χ2n) is 7.73. The minimum atomic E-state index is -0.344. The van der Waals surface area contributed by atoms with E-state index in [9.17, 15) is 10.2 Å². The van der Waals surface area contributed by atoms with Crippen LogP contribution >= 0.6 is 0 Å². The van der Waals surface area contributed by atoms with E-state index in [0.717, 1.165) is 38.9 Å². The van der Waals surface area contributed by atoms with Gasteiger partial charge in [-0.3, -0.25) is 4.90 Å². The lowest BCUT2D eigenvalue weighted by atomic mass is 10.00. The highest BCUT2D eigenvalue weighted by atomic mass is 16.3. The summed E-state index contributed by atoms with van der Waals surface area (Å²) in [5.74, 6) is 0.409. The maximum atomic E-state index is 9.88. The standard InChI is InChI=1S/C21H32N2O2/c1-22-11-4-7-19(22)10-12-23(15-17-5-2-8-20(24)13-17)16-18-6-3-9-21(25)14-18/h2,5,8-9,14,19-20,24-25H,3-4,6-7,10-13,15-16H2,1H3/t19-,20?/m1/s1. The highest BCUT2D eigenvalue weighted by Crippen LogP contribution is 2.22. The number of aliphatic hydroxyl groups excluding tert-OH is 2. The smallest absolute Gasteiger partial charge is 0.111 e. The average Bonchev–Trinajstić information content (AvgIpc) is 2.98. The fraction of sp³-hybridized carbons (Fsp3) is 0.619. The van der Waals surface area contributed by atoms with Gasteiger partial charge in [0.2, 0.25) is 0 Å². The second-order valence-corrected chi connectivity index (χ2v) is 7.73. The highest BCUT2D eigenvalue weighted by Gasteiger charge is 2.22. The monoisotopic (exact) mass is 344 g/mol. The lowest BCUT2D eigenvalue weighted by Crippen LogP contribution is -2.35. The highest BCUT2D eigenvalue weighted by molar-refractivity contribution is 5.25. The third-order valence-corrected chi connectivity index (χ3v) is 5.61. The average molecular weight is 344 g/mol. The summed E-state index contributed by atoms with van der Waals surface area (Å²) in [7, 11) is 2.24. The van der Waals surface area contributed by atoms with Gasteiger partial charge in [-0.2, -0.15) is 0 Å². The van der Waals surface area contributed by atoms with Gasteiger partial charge in [0.25, 0.3) is 0 Å². The molecule has 1 unspecified atom stereocenters. The molecule has 3 rings (SSSR count). The summed E-state index contributed by atoms with van der Waals surface area (Å²) in [6, 6.07) is 0.696. The van der Waals surface area contributed by atoms with Gasteiger partial charge in [-0.05, 0) is 64.3 Å². The Labute approximate surface area is 151 Å². The molecule has 1 heterocycles. The van der Waals surface area contributed by atoms with E-state index in [-0.39, 0.29) is 6.10 Å². The molecule has 2 aliphatic carbocycles. The van der Waals surface area contributed by atoms with Gasteiger partial charge in [-0.15, -0.1) is 0 Å². The van der Waals surface area contributed by atoms with Crippen molar-refractivity contribution in [3.8, 4) is 0 Å². The van der Waals surface area contributed by atoms with Gasteiger partial charge in [0.1, 0.15) is 5.76 Å². The van der Waals surface area contributed by atoms with E-state index in [1.165, 1.54) is 37.0 Å². The summed E-state index contributed by atoms with van der Waals surface area (Å²) in [6.07, 6.45) is 16.0. The van der Waals surface area contributed by atoms with Gasteiger partial charge in [-0.25, -0.2) is 0 Å². The molecule has 1 aliphatic heterocycles. The fourth-order valence-corrected chi connectivity index (χ4v) is 4.18. The summed E-state index contributed by atoms with van der Waals surface area (Å²) in [5.41, 5.74) is 2.61. The van der Waals surface area contributed by atoms with Crippen LogP contribution in [-0.4, -0.2) is 65.4 Å². The first-order valence-electron chi connectivity index (χ1n) is 9.65. The van der Waals surface area contributed by atoms with Crippen molar-refractivity contribution in [2.45, 2.75) is 50.7 Å². The molecule has 1 fully saturated rings. The Bertz CT molecular complexity index is 576. The minimum absolute atomic E-state index is 0.344. The number of hydrogen-bond donors (Lipinski definition) is 2. The molecule has 0 saturated carbocycles. The van der Waals surface area contributed by atoms with E-state index in [1.807, 2.05) is 24.3 Å². The molecule has 4 heteroatoms. The molecule has 3 aliphatic rings. The Balaban J connectivity index is 1.61. The van der Waals surface area contributed by atoms with Crippen LogP contribution in [0.5, 0.6) is 0 Å². The van der Waals surface area contributed by atoms with Crippen molar-refractivity contribution in [3.63, 3.8) is 0 Å². The summed E-state index contributed by atoms with van der Waals surface area (Å²) in [6.45, 7) is 4.09. The van der Waals surface area contributed by atoms with Gasteiger partial charge in [0.05, 0.1) is 6.10 Å². The number of nitrogens with zero attached hydrogens (tertiary/aromatic N) is 2. The Morgan fingerprint density at radius 2 is 2.12 bits per heavy atom. The number of hydrogen-bond acceptors (Lipinski definition) is 4. The third kappa shape index (κ3) is 5.56. The first-order chi connectivity index (χ1) is 12.1. The number of likely N-dealkylation sites (tertiary alicyclic amines) is 1. The van der Waals surface area contributed by atoms with Crippen LogP contribution in [0.4, 0.5) is 0 Å². The topological polar surface area (TPSA) is 46.9 Å². The molecule has 0 radical (unpaired) electrons. The molecular weight excluding hydrogens is 312 g/mol. The molecule has 1 saturated heterocycles. The van der Waals surface area contributed by atoms with Gasteiger partial charge in [0.15, 0.2) is 0 Å². The summed E-state index contributed by atoms with van der Waals surface area (Å²) in [4.78, 5) is 4.98. The molecule has 2 atom stereocenters. The van der Waals surface area contributed by atoms with Crippen molar-refractivity contribution in [3.05, 3.63) is 47.3 Å². The van der Waals surface area contributed by atoms with E-state index in [0.29, 0.717) is 11.8 Å². The second kappa shape index (κ2) is 8.84. The van der Waals surface area contributed by atoms with Crippen molar-refractivity contribution in [2.75, 3.05) is 33.2 Å². The Morgan fingerprint density at radius 1 is 1.28 bits per heavy atom.